The van der Waals surface area contributed by atoms with Crippen LogP contribution in [0.15, 0.2) is 6.07 Å². The number of hydrogen-bond donors (Lipinski definition) is 2. The fourth-order valence-corrected chi connectivity index (χ4v) is 7.55. The quantitative estimate of drug-likeness (QED) is 0.423. The predicted octanol–water partition coefficient (Wildman–Crippen LogP) is 2.58. The van der Waals surface area contributed by atoms with E-state index >= 15 is 0 Å². The lowest BCUT2D eigenvalue weighted by Crippen LogP contribution is -2.68. The van der Waals surface area contributed by atoms with E-state index in [0.29, 0.717) is 41.4 Å². The molecule has 216 valence electrons. The van der Waals surface area contributed by atoms with Crippen LogP contribution in [-0.2, 0) is 22.4 Å². The number of ether oxygens (including phenoxy) is 4. The lowest BCUT2D eigenvalue weighted by Gasteiger charge is -2.60. The summed E-state index contributed by atoms with van der Waals surface area (Å²) < 4.78 is 23.3. The first kappa shape index (κ1) is 27.2. The molecule has 2 aromatic rings. The van der Waals surface area contributed by atoms with E-state index in [0.717, 1.165) is 27.8 Å². The molecule has 0 saturated carbocycles. The van der Waals surface area contributed by atoms with Crippen LogP contribution in [0.3, 0.4) is 0 Å². The van der Waals surface area contributed by atoms with Gasteiger partial charge in [0, 0.05) is 54.7 Å². The number of aryl methyl sites for hydroxylation is 1. The molecular formula is C30H34N4O7. The van der Waals surface area contributed by atoms with E-state index in [1.54, 1.807) is 7.11 Å². The van der Waals surface area contributed by atoms with E-state index in [2.05, 4.69) is 21.2 Å². The minimum Gasteiger partial charge on any atom is -0.504 e. The number of fused-ring (bicyclic) bond motifs is 9. The number of phenols is 1. The van der Waals surface area contributed by atoms with Crippen molar-refractivity contribution in [3.05, 3.63) is 39.4 Å². The monoisotopic (exact) mass is 562 g/mol. The molecule has 41 heavy (non-hydrogen) atoms. The molecule has 6 rings (SSSR count). The van der Waals surface area contributed by atoms with Crippen LogP contribution in [0.1, 0.15) is 59.3 Å². The van der Waals surface area contributed by atoms with Crippen LogP contribution in [-0.4, -0.2) is 72.4 Å². The zero-order valence-electron chi connectivity index (χ0n) is 24.0. The van der Waals surface area contributed by atoms with Crippen LogP contribution >= 0.6 is 0 Å². The van der Waals surface area contributed by atoms with Gasteiger partial charge in [0.25, 0.3) is 0 Å². The number of carbonyl (C=O) groups excluding carboxylic acids is 2. The fraction of sp³-hybridized carbons (Fsp3) is 0.500. The number of piperazine rings is 1. The lowest BCUT2D eigenvalue weighted by atomic mass is 9.71. The van der Waals surface area contributed by atoms with Crippen molar-refractivity contribution >= 4 is 11.9 Å². The van der Waals surface area contributed by atoms with Gasteiger partial charge in [-0.15, -0.1) is 0 Å². The van der Waals surface area contributed by atoms with Gasteiger partial charge in [-0.3, -0.25) is 19.4 Å². The van der Waals surface area contributed by atoms with Crippen molar-refractivity contribution in [2.24, 2.45) is 0 Å². The average molecular weight is 563 g/mol. The van der Waals surface area contributed by atoms with Gasteiger partial charge in [-0.1, -0.05) is 6.07 Å². The molecule has 0 spiro atoms. The van der Waals surface area contributed by atoms with Crippen molar-refractivity contribution in [1.82, 2.24) is 15.1 Å². The van der Waals surface area contributed by atoms with Crippen LogP contribution in [0.5, 0.6) is 28.7 Å². The van der Waals surface area contributed by atoms with E-state index < -0.39 is 18.1 Å². The fourth-order valence-electron chi connectivity index (χ4n) is 7.55. The third-order valence-corrected chi connectivity index (χ3v) is 9.06. The van der Waals surface area contributed by atoms with Gasteiger partial charge >= 0.3 is 5.97 Å². The summed E-state index contributed by atoms with van der Waals surface area (Å²) >= 11 is 0. The molecule has 1 fully saturated rings. The smallest absolute Gasteiger partial charge is 0.308 e. The van der Waals surface area contributed by atoms with Crippen molar-refractivity contribution in [3.63, 3.8) is 0 Å². The largest absolute Gasteiger partial charge is 0.504 e. The Hall–Kier alpha value is -4.01. The number of nitrogens with one attached hydrogen (secondary N) is 1. The number of nitrogens with zero attached hydrogens (tertiary/aromatic N) is 3. The van der Waals surface area contributed by atoms with Gasteiger partial charge in [0.15, 0.2) is 23.0 Å². The number of benzene rings is 2. The average Bonchev–Trinajstić information content (AvgIpc) is 3.40. The normalized spacial score (nSPS) is 25.8. The summed E-state index contributed by atoms with van der Waals surface area (Å²) in [5, 5.41) is 25.2. The van der Waals surface area contributed by atoms with Crippen LogP contribution in [0.4, 0.5) is 0 Å². The highest BCUT2D eigenvalue weighted by Gasteiger charge is 2.56. The first-order valence-electron chi connectivity index (χ1n) is 13.7. The summed E-state index contributed by atoms with van der Waals surface area (Å²) in [6, 6.07) is 2.78. The zero-order valence-corrected chi connectivity index (χ0v) is 24.0. The molecule has 4 aliphatic heterocycles. The number of likely N-dealkylation sites (N-methyl/N-ethyl adjacent to an activating group) is 1. The number of hydrogen-bond acceptors (Lipinski definition) is 10. The van der Waals surface area contributed by atoms with Crippen LogP contribution in [0.25, 0.3) is 0 Å². The summed E-state index contributed by atoms with van der Waals surface area (Å²) in [7, 11) is 3.53. The Kier molecular flexibility index (Phi) is 6.51. The number of nitriles is 1. The molecule has 1 amide bonds. The van der Waals surface area contributed by atoms with Crippen LogP contribution < -0.4 is 24.3 Å². The maximum absolute atomic E-state index is 12.3. The molecule has 0 aromatic heterocycles. The molecule has 2 N–H and O–H groups in total. The predicted molar refractivity (Wildman–Crippen MR) is 146 cm³/mol. The van der Waals surface area contributed by atoms with E-state index in [1.165, 1.54) is 13.8 Å². The molecular weight excluding hydrogens is 528 g/mol. The van der Waals surface area contributed by atoms with E-state index in [4.69, 9.17) is 18.9 Å². The van der Waals surface area contributed by atoms with Gasteiger partial charge in [-0.2, -0.15) is 5.26 Å². The number of carbonyl (C=O) groups is 2. The standard InChI is InChI=1S/C30H34N4O7/c1-13-7-17-8-19-21(10-31)34-20(25(33(19)5)23(17)26(37)27(13)38-6)9-18-24(22(34)11-32-15(3)35)30-29(39-12-40-30)14(2)28(18)41-16(4)36/h7,19-22,25,37H,8-9,11-12H2,1-6H3,(H,32,35)/t19-,20?,21+,22+,25+/m1/s1. The maximum Gasteiger partial charge on any atom is 0.308 e. The number of methoxy groups -OCH3 is 1. The first-order chi connectivity index (χ1) is 19.6. The van der Waals surface area contributed by atoms with E-state index in [9.17, 15) is 20.0 Å². The molecule has 2 bridgehead atoms. The van der Waals surface area contributed by atoms with Crippen molar-refractivity contribution in [2.75, 3.05) is 27.5 Å². The molecule has 11 heteroatoms. The van der Waals surface area contributed by atoms with Gasteiger partial charge in [0.1, 0.15) is 11.8 Å². The molecule has 0 radical (unpaired) electrons. The van der Waals surface area contributed by atoms with Gasteiger partial charge in [-0.05, 0) is 44.9 Å². The molecule has 1 saturated heterocycles. The Balaban J connectivity index is 1.63. The second-order valence-corrected chi connectivity index (χ2v) is 11.3. The zero-order chi connectivity index (χ0) is 29.3. The summed E-state index contributed by atoms with van der Waals surface area (Å²) in [6.07, 6.45) is 0.965. The Morgan fingerprint density at radius 1 is 1.15 bits per heavy atom. The summed E-state index contributed by atoms with van der Waals surface area (Å²) in [6.45, 7) is 6.76. The van der Waals surface area contributed by atoms with Crippen LogP contribution in [0, 0.1) is 25.2 Å². The maximum atomic E-state index is 12.3. The second-order valence-electron chi connectivity index (χ2n) is 11.3. The third kappa shape index (κ3) is 3.92. The van der Waals surface area contributed by atoms with Crippen molar-refractivity contribution in [2.45, 2.75) is 70.7 Å². The van der Waals surface area contributed by atoms with Gasteiger partial charge < -0.3 is 29.4 Å². The van der Waals surface area contributed by atoms with E-state index in [-0.39, 0.29) is 43.1 Å². The number of amides is 1. The summed E-state index contributed by atoms with van der Waals surface area (Å²) in [4.78, 5) is 28.8. The Morgan fingerprint density at radius 2 is 1.88 bits per heavy atom. The molecule has 1 unspecified atom stereocenters. The molecule has 2 aromatic carbocycles. The van der Waals surface area contributed by atoms with Crippen molar-refractivity contribution in [3.8, 4) is 34.8 Å². The van der Waals surface area contributed by atoms with Gasteiger partial charge in [0.05, 0.1) is 25.3 Å². The highest BCUT2D eigenvalue weighted by atomic mass is 16.7. The van der Waals surface area contributed by atoms with E-state index in [1.807, 2.05) is 27.0 Å². The Bertz CT molecular complexity index is 1520. The highest BCUT2D eigenvalue weighted by Crippen LogP contribution is 2.58. The number of esters is 1. The minimum absolute atomic E-state index is 0.0124. The first-order valence-corrected chi connectivity index (χ1v) is 13.7. The SMILES string of the molecule is COc1c(C)cc2c(c1O)[C@@H]1C3Cc4c(OC(C)=O)c(C)c5c(c4[C@H](CNC(C)=O)N3[C@@H](C#N)[C@@H](C2)N1C)OCO5. The topological polar surface area (TPSA) is 134 Å². The minimum atomic E-state index is -0.540. The Labute approximate surface area is 238 Å². The van der Waals surface area contributed by atoms with Gasteiger partial charge in [-0.25, -0.2) is 0 Å². The second kappa shape index (κ2) is 9.82. The van der Waals surface area contributed by atoms with Crippen LogP contribution in [0.2, 0.25) is 0 Å². The molecule has 0 aliphatic carbocycles. The number of phenolic OH excluding ortho intramolecular Hbond substituents is 1. The molecule has 5 atom stereocenters. The number of rotatable bonds is 4. The highest BCUT2D eigenvalue weighted by molar-refractivity contribution is 5.75. The van der Waals surface area contributed by atoms with Crippen molar-refractivity contribution < 1.29 is 33.6 Å². The number of aromatic hydroxyl groups is 1. The lowest BCUT2D eigenvalue weighted by molar-refractivity contribution is -0.132. The summed E-state index contributed by atoms with van der Waals surface area (Å²) in [5.41, 5.74) is 4.76. The van der Waals surface area contributed by atoms with Crippen molar-refractivity contribution in [1.29, 1.82) is 5.26 Å². The molecule has 11 nitrogen and oxygen atoms in total. The molecule has 4 aliphatic rings. The Morgan fingerprint density at radius 3 is 2.54 bits per heavy atom. The third-order valence-electron chi connectivity index (χ3n) is 9.06. The molecule has 4 heterocycles. The summed E-state index contributed by atoms with van der Waals surface area (Å²) in [5.74, 6) is 1.30. The van der Waals surface area contributed by atoms with Gasteiger partial charge in [0.2, 0.25) is 12.7 Å².